The van der Waals surface area contributed by atoms with Crippen molar-refractivity contribution in [2.75, 3.05) is 18.6 Å². The summed E-state index contributed by atoms with van der Waals surface area (Å²) in [5.74, 6) is 1.91. The Hall–Kier alpha value is -0.470. The highest BCUT2D eigenvalue weighted by atomic mass is 32.2. The maximum absolute atomic E-state index is 3.50. The van der Waals surface area contributed by atoms with Gasteiger partial charge in [0.25, 0.3) is 0 Å². The van der Waals surface area contributed by atoms with Crippen molar-refractivity contribution in [1.29, 1.82) is 0 Å². The number of thioether (sulfide) groups is 1. The van der Waals surface area contributed by atoms with E-state index in [1.807, 2.05) is 11.8 Å². The zero-order chi connectivity index (χ0) is 12.5. The van der Waals surface area contributed by atoms with Crippen molar-refractivity contribution in [3.8, 4) is 0 Å². The van der Waals surface area contributed by atoms with Gasteiger partial charge in [-0.15, -0.1) is 0 Å². The first-order chi connectivity index (χ1) is 8.24. The van der Waals surface area contributed by atoms with Crippen LogP contribution in [0.4, 0.5) is 0 Å². The van der Waals surface area contributed by atoms with E-state index in [-0.39, 0.29) is 0 Å². The van der Waals surface area contributed by atoms with Crippen LogP contribution in [-0.2, 0) is 6.54 Å². The monoisotopic (exact) mass is 251 g/mol. The zero-order valence-electron chi connectivity index (χ0n) is 11.3. The van der Waals surface area contributed by atoms with Crippen molar-refractivity contribution in [1.82, 2.24) is 5.32 Å². The van der Waals surface area contributed by atoms with Crippen LogP contribution < -0.4 is 5.32 Å². The number of unbranched alkanes of at least 4 members (excludes halogenated alkanes) is 1. The average molecular weight is 251 g/mol. The van der Waals surface area contributed by atoms with Gasteiger partial charge in [-0.05, 0) is 48.4 Å². The molecule has 0 saturated carbocycles. The first-order valence-electron chi connectivity index (χ1n) is 6.52. The largest absolute Gasteiger partial charge is 0.313 e. The molecule has 0 aliphatic rings. The van der Waals surface area contributed by atoms with Crippen LogP contribution in [0.1, 0.15) is 43.7 Å². The van der Waals surface area contributed by atoms with Gasteiger partial charge in [0.05, 0.1) is 0 Å². The molecule has 2 heteroatoms. The number of nitrogens with one attached hydrogen (secondary N) is 1. The smallest absolute Gasteiger partial charge is 0.0205 e. The van der Waals surface area contributed by atoms with E-state index >= 15 is 0 Å². The second kappa shape index (κ2) is 8.60. The number of hydrogen-bond acceptors (Lipinski definition) is 2. The predicted molar refractivity (Wildman–Crippen MR) is 79.9 cm³/mol. The molecule has 1 rings (SSSR count). The zero-order valence-corrected chi connectivity index (χ0v) is 12.1. The molecule has 0 heterocycles. The molecule has 17 heavy (non-hydrogen) atoms. The summed E-state index contributed by atoms with van der Waals surface area (Å²) in [5.41, 5.74) is 2.81. The lowest BCUT2D eigenvalue weighted by atomic mass is 10.0. The fourth-order valence-corrected chi connectivity index (χ4v) is 2.24. The average Bonchev–Trinajstić information content (AvgIpc) is 2.34. The Morgan fingerprint density at radius 3 is 2.41 bits per heavy atom. The Bertz CT molecular complexity index is 292. The van der Waals surface area contributed by atoms with Crippen LogP contribution in [0.3, 0.4) is 0 Å². The van der Waals surface area contributed by atoms with Gasteiger partial charge in [0.1, 0.15) is 0 Å². The lowest BCUT2D eigenvalue weighted by Crippen LogP contribution is -2.14. The SMILES string of the molecule is CSCCCCNCc1ccc(C(C)C)cc1. The first kappa shape index (κ1) is 14.6. The van der Waals surface area contributed by atoms with Gasteiger partial charge in [-0.2, -0.15) is 11.8 Å². The summed E-state index contributed by atoms with van der Waals surface area (Å²) in [7, 11) is 0. The summed E-state index contributed by atoms with van der Waals surface area (Å²) in [6, 6.07) is 8.97. The van der Waals surface area contributed by atoms with Crippen molar-refractivity contribution in [3.05, 3.63) is 35.4 Å². The van der Waals surface area contributed by atoms with Crippen molar-refractivity contribution in [2.24, 2.45) is 0 Å². The van der Waals surface area contributed by atoms with Gasteiger partial charge in [0.15, 0.2) is 0 Å². The normalized spacial score (nSPS) is 11.1. The molecule has 0 spiro atoms. The second-order valence-electron chi connectivity index (χ2n) is 4.77. The van der Waals surface area contributed by atoms with Gasteiger partial charge < -0.3 is 5.32 Å². The predicted octanol–water partition coefficient (Wildman–Crippen LogP) is 4.04. The summed E-state index contributed by atoms with van der Waals surface area (Å²) in [6.07, 6.45) is 4.77. The molecular weight excluding hydrogens is 226 g/mol. The molecule has 96 valence electrons. The minimum absolute atomic E-state index is 0.628. The van der Waals surface area contributed by atoms with Gasteiger partial charge in [-0.1, -0.05) is 38.1 Å². The number of hydrogen-bond donors (Lipinski definition) is 1. The third-order valence-electron chi connectivity index (χ3n) is 2.93. The third-order valence-corrected chi connectivity index (χ3v) is 3.62. The highest BCUT2D eigenvalue weighted by molar-refractivity contribution is 7.98. The lowest BCUT2D eigenvalue weighted by Gasteiger charge is -2.08. The molecule has 0 fully saturated rings. The molecule has 1 nitrogen and oxygen atoms in total. The summed E-state index contributed by atoms with van der Waals surface area (Å²) >= 11 is 1.93. The fraction of sp³-hybridized carbons (Fsp3) is 0.600. The lowest BCUT2D eigenvalue weighted by molar-refractivity contribution is 0.643. The molecule has 0 aliphatic heterocycles. The highest BCUT2D eigenvalue weighted by Gasteiger charge is 1.98. The van der Waals surface area contributed by atoms with E-state index < -0.39 is 0 Å². The van der Waals surface area contributed by atoms with Crippen molar-refractivity contribution in [3.63, 3.8) is 0 Å². The summed E-state index contributed by atoms with van der Waals surface area (Å²) in [6.45, 7) is 6.60. The third kappa shape index (κ3) is 6.13. The van der Waals surface area contributed by atoms with E-state index in [9.17, 15) is 0 Å². The van der Waals surface area contributed by atoms with Crippen molar-refractivity contribution in [2.45, 2.75) is 39.2 Å². The van der Waals surface area contributed by atoms with Crippen molar-refractivity contribution >= 4 is 11.8 Å². The summed E-state index contributed by atoms with van der Waals surface area (Å²) in [4.78, 5) is 0. The molecule has 0 bridgehead atoms. The molecule has 1 N–H and O–H groups in total. The number of rotatable bonds is 8. The van der Waals surface area contributed by atoms with E-state index in [0.29, 0.717) is 5.92 Å². The molecular formula is C15H25NS. The van der Waals surface area contributed by atoms with Crippen LogP contribution in [0.25, 0.3) is 0 Å². The van der Waals surface area contributed by atoms with E-state index in [0.717, 1.165) is 13.1 Å². The molecule has 1 aromatic rings. The van der Waals surface area contributed by atoms with Crippen LogP contribution in [0.2, 0.25) is 0 Å². The standard InChI is InChI=1S/C15H25NS/c1-13(2)15-8-6-14(7-9-15)12-16-10-4-5-11-17-3/h6-9,13,16H,4-5,10-12H2,1-3H3. The quantitative estimate of drug-likeness (QED) is 0.700. The minimum Gasteiger partial charge on any atom is -0.313 e. The Kier molecular flexibility index (Phi) is 7.38. The topological polar surface area (TPSA) is 12.0 Å². The number of benzene rings is 1. The summed E-state index contributed by atoms with van der Waals surface area (Å²) < 4.78 is 0. The second-order valence-corrected chi connectivity index (χ2v) is 5.76. The van der Waals surface area contributed by atoms with E-state index in [1.165, 1.54) is 29.7 Å². The molecule has 0 radical (unpaired) electrons. The molecule has 0 aromatic heterocycles. The molecule has 0 saturated heterocycles. The van der Waals surface area contributed by atoms with Gasteiger partial charge >= 0.3 is 0 Å². The molecule has 0 unspecified atom stereocenters. The van der Waals surface area contributed by atoms with Crippen LogP contribution >= 0.6 is 11.8 Å². The van der Waals surface area contributed by atoms with Crippen LogP contribution in [0.5, 0.6) is 0 Å². The van der Waals surface area contributed by atoms with E-state index in [4.69, 9.17) is 0 Å². The van der Waals surface area contributed by atoms with Gasteiger partial charge in [-0.25, -0.2) is 0 Å². The van der Waals surface area contributed by atoms with E-state index in [1.54, 1.807) is 0 Å². The van der Waals surface area contributed by atoms with Gasteiger partial charge in [0, 0.05) is 6.54 Å². The summed E-state index contributed by atoms with van der Waals surface area (Å²) in [5, 5.41) is 3.50. The Morgan fingerprint density at radius 1 is 1.12 bits per heavy atom. The molecule has 1 aromatic carbocycles. The maximum Gasteiger partial charge on any atom is 0.0205 e. The molecule has 0 aliphatic carbocycles. The Morgan fingerprint density at radius 2 is 1.82 bits per heavy atom. The minimum atomic E-state index is 0.628. The Labute approximate surface area is 110 Å². The van der Waals surface area contributed by atoms with Gasteiger partial charge in [-0.3, -0.25) is 0 Å². The van der Waals surface area contributed by atoms with Gasteiger partial charge in [0.2, 0.25) is 0 Å². The highest BCUT2D eigenvalue weighted by Crippen LogP contribution is 2.14. The maximum atomic E-state index is 3.50. The molecule has 0 amide bonds. The van der Waals surface area contributed by atoms with Crippen molar-refractivity contribution < 1.29 is 0 Å². The van der Waals surface area contributed by atoms with Crippen LogP contribution in [0, 0.1) is 0 Å². The molecule has 0 atom stereocenters. The van der Waals surface area contributed by atoms with Crippen LogP contribution in [-0.4, -0.2) is 18.6 Å². The first-order valence-corrected chi connectivity index (χ1v) is 7.92. The Balaban J connectivity index is 2.19. The fourth-order valence-electron chi connectivity index (χ4n) is 1.75. The van der Waals surface area contributed by atoms with E-state index in [2.05, 4.69) is 49.7 Å². The van der Waals surface area contributed by atoms with Crippen LogP contribution in [0.15, 0.2) is 24.3 Å².